The third kappa shape index (κ3) is 3.85. The van der Waals surface area contributed by atoms with Crippen LogP contribution in [0.1, 0.15) is 36.3 Å². The van der Waals surface area contributed by atoms with Crippen LogP contribution in [0.5, 0.6) is 0 Å². The average molecular weight is 347 g/mol. The molecule has 128 valence electrons. The Morgan fingerprint density at radius 3 is 2.91 bits per heavy atom. The fourth-order valence-electron chi connectivity index (χ4n) is 3.31. The maximum atomic E-state index is 12.8. The molecule has 2 atom stereocenters. The lowest BCUT2D eigenvalue weighted by molar-refractivity contribution is -0.185. The second-order valence-corrected chi connectivity index (χ2v) is 7.55. The molecule has 2 unspecified atom stereocenters. The summed E-state index contributed by atoms with van der Waals surface area (Å²) >= 11 is 1.43. The molecule has 1 aromatic heterocycles. The van der Waals surface area contributed by atoms with Crippen molar-refractivity contribution < 1.29 is 18.0 Å². The largest absolute Gasteiger partial charge is 0.391 e. The molecular weight excluding hydrogens is 327 g/mol. The molecule has 0 radical (unpaired) electrons. The third-order valence-corrected chi connectivity index (χ3v) is 5.66. The van der Waals surface area contributed by atoms with Crippen LogP contribution in [0.25, 0.3) is 0 Å². The minimum atomic E-state index is -4.20. The molecule has 2 aliphatic rings. The lowest BCUT2D eigenvalue weighted by atomic mass is 9.80. The van der Waals surface area contributed by atoms with Gasteiger partial charge in [0.25, 0.3) is 0 Å². The molecular formula is C15H20F3N3OS. The number of amides is 1. The first-order valence-corrected chi connectivity index (χ1v) is 8.69. The summed E-state index contributed by atoms with van der Waals surface area (Å²) in [4.78, 5) is 20.0. The van der Waals surface area contributed by atoms with Crippen LogP contribution >= 0.6 is 11.3 Å². The minimum Gasteiger partial charge on any atom is -0.302 e. The number of nitrogens with one attached hydrogen (secondary N) is 1. The Labute approximate surface area is 137 Å². The Bertz CT molecular complexity index is 587. The molecule has 0 aromatic carbocycles. The molecule has 1 amide bonds. The smallest absolute Gasteiger partial charge is 0.302 e. The summed E-state index contributed by atoms with van der Waals surface area (Å²) in [5.74, 6) is -2.25. The second-order valence-electron chi connectivity index (χ2n) is 6.47. The van der Waals surface area contributed by atoms with Crippen molar-refractivity contribution in [2.75, 3.05) is 18.9 Å². The summed E-state index contributed by atoms with van der Waals surface area (Å²) in [6.45, 7) is 1.74. The van der Waals surface area contributed by atoms with Crippen LogP contribution in [0, 0.1) is 11.8 Å². The number of aromatic nitrogens is 1. The van der Waals surface area contributed by atoms with Gasteiger partial charge in [-0.15, -0.1) is 11.3 Å². The highest BCUT2D eigenvalue weighted by Gasteiger charge is 2.43. The molecule has 1 aliphatic carbocycles. The lowest BCUT2D eigenvalue weighted by Gasteiger charge is -2.29. The quantitative estimate of drug-likeness (QED) is 0.891. The highest BCUT2D eigenvalue weighted by Crippen LogP contribution is 2.40. The van der Waals surface area contributed by atoms with Crippen LogP contribution in [0.2, 0.25) is 0 Å². The van der Waals surface area contributed by atoms with E-state index in [2.05, 4.69) is 15.2 Å². The summed E-state index contributed by atoms with van der Waals surface area (Å²) in [6, 6.07) is 0. The van der Waals surface area contributed by atoms with Gasteiger partial charge in [-0.05, 0) is 26.3 Å². The Morgan fingerprint density at radius 2 is 2.17 bits per heavy atom. The van der Waals surface area contributed by atoms with Gasteiger partial charge < -0.3 is 10.2 Å². The van der Waals surface area contributed by atoms with Gasteiger partial charge in [-0.2, -0.15) is 13.2 Å². The van der Waals surface area contributed by atoms with Gasteiger partial charge in [-0.1, -0.05) is 6.42 Å². The number of anilines is 1. The monoisotopic (exact) mass is 347 g/mol. The van der Waals surface area contributed by atoms with Gasteiger partial charge in [-0.3, -0.25) is 4.79 Å². The van der Waals surface area contributed by atoms with E-state index in [1.54, 1.807) is 0 Å². The molecule has 1 saturated carbocycles. The molecule has 3 rings (SSSR count). The van der Waals surface area contributed by atoms with Gasteiger partial charge in [0.2, 0.25) is 5.91 Å². The van der Waals surface area contributed by atoms with Gasteiger partial charge in [-0.25, -0.2) is 4.98 Å². The number of hydrogen-bond donors (Lipinski definition) is 1. The first-order valence-electron chi connectivity index (χ1n) is 7.87. The molecule has 1 fully saturated rings. The maximum Gasteiger partial charge on any atom is 0.391 e. The number of thiazole rings is 1. The molecule has 1 aliphatic heterocycles. The van der Waals surface area contributed by atoms with Crippen molar-refractivity contribution in [1.29, 1.82) is 0 Å². The van der Waals surface area contributed by atoms with Gasteiger partial charge in [0, 0.05) is 30.3 Å². The van der Waals surface area contributed by atoms with E-state index in [1.807, 2.05) is 7.05 Å². The molecule has 2 heterocycles. The zero-order chi connectivity index (χ0) is 16.6. The van der Waals surface area contributed by atoms with Crippen LogP contribution in [-0.4, -0.2) is 35.6 Å². The zero-order valence-electron chi connectivity index (χ0n) is 12.9. The highest BCUT2D eigenvalue weighted by atomic mass is 32.1. The number of halogens is 3. The normalized spacial score (nSPS) is 25.9. The molecule has 1 N–H and O–H groups in total. The number of likely N-dealkylation sites (N-methyl/N-ethyl adjacent to an activating group) is 1. The van der Waals surface area contributed by atoms with Crippen molar-refractivity contribution in [2.24, 2.45) is 11.8 Å². The van der Waals surface area contributed by atoms with Gasteiger partial charge in [0.1, 0.15) is 0 Å². The van der Waals surface area contributed by atoms with E-state index in [1.165, 1.54) is 11.3 Å². The van der Waals surface area contributed by atoms with Crippen LogP contribution in [0.15, 0.2) is 0 Å². The average Bonchev–Trinajstić information content (AvgIpc) is 2.87. The number of nitrogens with zero attached hydrogens (tertiary/aromatic N) is 2. The van der Waals surface area contributed by atoms with E-state index in [4.69, 9.17) is 0 Å². The summed E-state index contributed by atoms with van der Waals surface area (Å²) in [7, 11) is 2.03. The molecule has 4 nitrogen and oxygen atoms in total. The first kappa shape index (κ1) is 16.7. The van der Waals surface area contributed by atoms with E-state index in [0.717, 1.165) is 30.1 Å². The van der Waals surface area contributed by atoms with Gasteiger partial charge in [0.05, 0.1) is 11.6 Å². The number of fused-ring (bicyclic) bond motifs is 1. The Kier molecular flexibility index (Phi) is 4.64. The molecule has 0 bridgehead atoms. The van der Waals surface area contributed by atoms with Crippen molar-refractivity contribution in [3.05, 3.63) is 10.6 Å². The number of carbonyl (C=O) groups excluding carboxylic acids is 1. The topological polar surface area (TPSA) is 45.2 Å². The van der Waals surface area contributed by atoms with Gasteiger partial charge >= 0.3 is 6.18 Å². The standard InChI is InChI=1S/C15H20F3N3OS/c1-21-6-5-11-12(8-21)23-14(19-11)20-13(22)9-3-2-4-10(7-9)15(16,17)18/h9-10H,2-8H2,1H3,(H,19,20,22). The van der Waals surface area contributed by atoms with Crippen LogP contribution in [0.3, 0.4) is 0 Å². The first-order chi connectivity index (χ1) is 10.8. The van der Waals surface area contributed by atoms with Gasteiger partial charge in [0.15, 0.2) is 5.13 Å². The summed E-state index contributed by atoms with van der Waals surface area (Å²) in [5.41, 5.74) is 1.00. The Morgan fingerprint density at radius 1 is 1.39 bits per heavy atom. The Hall–Kier alpha value is -1.15. The molecule has 0 spiro atoms. The summed E-state index contributed by atoms with van der Waals surface area (Å²) in [6.07, 6.45) is -2.37. The fraction of sp³-hybridized carbons (Fsp3) is 0.733. The van der Waals surface area contributed by atoms with Crippen molar-refractivity contribution in [2.45, 2.75) is 44.8 Å². The van der Waals surface area contributed by atoms with Crippen LogP contribution in [0.4, 0.5) is 18.3 Å². The number of rotatable bonds is 2. The predicted molar refractivity (Wildman–Crippen MR) is 82.3 cm³/mol. The van der Waals surface area contributed by atoms with E-state index in [0.29, 0.717) is 18.0 Å². The molecule has 0 saturated heterocycles. The number of hydrogen-bond acceptors (Lipinski definition) is 4. The number of alkyl halides is 3. The van der Waals surface area contributed by atoms with Crippen LogP contribution < -0.4 is 5.32 Å². The second kappa shape index (κ2) is 6.39. The minimum absolute atomic E-state index is 0.108. The van der Waals surface area contributed by atoms with Crippen LogP contribution in [-0.2, 0) is 17.8 Å². The van der Waals surface area contributed by atoms with E-state index in [9.17, 15) is 18.0 Å². The predicted octanol–water partition coefficient (Wildman–Crippen LogP) is 3.44. The van der Waals surface area contributed by atoms with E-state index in [-0.39, 0.29) is 18.7 Å². The Balaban J connectivity index is 1.63. The summed E-state index contributed by atoms with van der Waals surface area (Å²) in [5, 5.41) is 3.26. The SMILES string of the molecule is CN1CCc2nc(NC(=O)C3CCCC(C(F)(F)F)C3)sc2C1. The third-order valence-electron chi connectivity index (χ3n) is 4.66. The van der Waals surface area contributed by atoms with E-state index < -0.39 is 18.0 Å². The molecule has 23 heavy (non-hydrogen) atoms. The lowest BCUT2D eigenvalue weighted by Crippen LogP contribution is -2.34. The summed E-state index contributed by atoms with van der Waals surface area (Å²) < 4.78 is 38.5. The maximum absolute atomic E-state index is 12.8. The van der Waals surface area contributed by atoms with Crippen molar-refractivity contribution in [3.8, 4) is 0 Å². The van der Waals surface area contributed by atoms with Crippen molar-refractivity contribution in [3.63, 3.8) is 0 Å². The molecule has 8 heteroatoms. The fourth-order valence-corrected chi connectivity index (χ4v) is 4.40. The van der Waals surface area contributed by atoms with E-state index >= 15 is 0 Å². The highest BCUT2D eigenvalue weighted by molar-refractivity contribution is 7.15. The number of carbonyl (C=O) groups is 1. The zero-order valence-corrected chi connectivity index (χ0v) is 13.8. The van der Waals surface area contributed by atoms with Crippen molar-refractivity contribution in [1.82, 2.24) is 9.88 Å². The van der Waals surface area contributed by atoms with Crippen molar-refractivity contribution >= 4 is 22.4 Å². The molecule has 1 aromatic rings.